The van der Waals surface area contributed by atoms with Crippen LogP contribution in [0.15, 0.2) is 29.2 Å². The van der Waals surface area contributed by atoms with Gasteiger partial charge in [0.1, 0.15) is 13.1 Å². The van der Waals surface area contributed by atoms with Gasteiger partial charge in [0.15, 0.2) is 0 Å². The summed E-state index contributed by atoms with van der Waals surface area (Å²) in [7, 11) is -3.39. The van der Waals surface area contributed by atoms with Crippen molar-refractivity contribution in [2.24, 2.45) is 0 Å². The molecule has 0 atom stereocenters. The van der Waals surface area contributed by atoms with Gasteiger partial charge in [-0.25, -0.2) is 8.42 Å². The number of quaternary nitrogens is 1. The van der Waals surface area contributed by atoms with E-state index < -0.39 is 10.0 Å². The van der Waals surface area contributed by atoms with Crippen molar-refractivity contribution in [3.63, 3.8) is 0 Å². The van der Waals surface area contributed by atoms with Crippen molar-refractivity contribution >= 4 is 21.6 Å². The predicted octanol–water partition coefficient (Wildman–Crippen LogP) is 0.408. The molecule has 1 aromatic carbocycles. The molecule has 2 aliphatic rings. The van der Waals surface area contributed by atoms with Crippen LogP contribution >= 0.6 is 11.6 Å². The predicted molar refractivity (Wildman–Crippen MR) is 84.7 cm³/mol. The van der Waals surface area contributed by atoms with Gasteiger partial charge in [-0.2, -0.15) is 4.31 Å². The number of hydrogen-bond acceptors (Lipinski definition) is 3. The van der Waals surface area contributed by atoms with Gasteiger partial charge in [0, 0.05) is 31.0 Å². The van der Waals surface area contributed by atoms with E-state index in [-0.39, 0.29) is 0 Å². The highest BCUT2D eigenvalue weighted by atomic mass is 35.5. The molecule has 0 radical (unpaired) electrons. The lowest BCUT2D eigenvalue weighted by Gasteiger charge is -2.37. The Balaban J connectivity index is 1.63. The van der Waals surface area contributed by atoms with Crippen LogP contribution in [0.2, 0.25) is 5.02 Å². The highest BCUT2D eigenvalue weighted by Gasteiger charge is 2.34. The third-order valence-electron chi connectivity index (χ3n) is 4.62. The summed E-state index contributed by atoms with van der Waals surface area (Å²) in [5.41, 5.74) is 0. The lowest BCUT2D eigenvalue weighted by Crippen LogP contribution is -3.18. The fourth-order valence-corrected chi connectivity index (χ4v) is 4.90. The fourth-order valence-electron chi connectivity index (χ4n) is 3.30. The highest BCUT2D eigenvalue weighted by molar-refractivity contribution is 7.89. The van der Waals surface area contributed by atoms with Crippen molar-refractivity contribution in [3.05, 3.63) is 29.3 Å². The van der Waals surface area contributed by atoms with E-state index in [1.807, 2.05) is 0 Å². The molecule has 22 heavy (non-hydrogen) atoms. The Hall–Kier alpha value is -0.660. The number of halogens is 1. The maximum absolute atomic E-state index is 12.6. The molecule has 0 saturated carbocycles. The van der Waals surface area contributed by atoms with E-state index in [4.69, 9.17) is 16.3 Å². The smallest absolute Gasteiger partial charge is 0.243 e. The minimum Gasteiger partial charge on any atom is -0.370 e. The molecule has 0 aromatic heterocycles. The number of morpholine rings is 1. The highest BCUT2D eigenvalue weighted by Crippen LogP contribution is 2.21. The number of nitrogens with one attached hydrogen (secondary N) is 1. The summed E-state index contributed by atoms with van der Waals surface area (Å²) < 4.78 is 32.3. The fraction of sp³-hybridized carbons (Fsp3) is 0.600. The zero-order chi connectivity index (χ0) is 15.6. The maximum atomic E-state index is 12.6. The van der Waals surface area contributed by atoms with Gasteiger partial charge in [0.2, 0.25) is 10.0 Å². The Morgan fingerprint density at radius 3 is 2.27 bits per heavy atom. The Labute approximate surface area is 136 Å². The number of sulfonamides is 1. The summed E-state index contributed by atoms with van der Waals surface area (Å²) in [6.07, 6.45) is 1.84. The van der Waals surface area contributed by atoms with E-state index in [0.29, 0.717) is 29.0 Å². The van der Waals surface area contributed by atoms with Crippen LogP contribution in [0.5, 0.6) is 0 Å². The van der Waals surface area contributed by atoms with Crippen LogP contribution < -0.4 is 4.90 Å². The molecule has 3 rings (SSSR count). The molecule has 0 spiro atoms. The average molecular weight is 346 g/mol. The second kappa shape index (κ2) is 6.84. The van der Waals surface area contributed by atoms with E-state index in [9.17, 15) is 8.42 Å². The van der Waals surface area contributed by atoms with Crippen molar-refractivity contribution in [1.82, 2.24) is 4.31 Å². The zero-order valence-electron chi connectivity index (χ0n) is 12.5. The largest absolute Gasteiger partial charge is 0.370 e. The Morgan fingerprint density at radius 1 is 1.09 bits per heavy atom. The van der Waals surface area contributed by atoms with Crippen LogP contribution in [0.3, 0.4) is 0 Å². The van der Waals surface area contributed by atoms with Crippen LogP contribution in [0.4, 0.5) is 0 Å². The molecule has 122 valence electrons. The molecule has 0 aliphatic carbocycles. The van der Waals surface area contributed by atoms with Crippen LogP contribution in [-0.4, -0.2) is 58.2 Å². The molecule has 1 aromatic rings. The normalized spacial score (nSPS) is 22.8. The number of hydrogen-bond donors (Lipinski definition) is 1. The molecule has 2 aliphatic heterocycles. The molecule has 0 unspecified atom stereocenters. The van der Waals surface area contributed by atoms with Gasteiger partial charge >= 0.3 is 0 Å². The monoisotopic (exact) mass is 345 g/mol. The number of piperidine rings is 1. The first-order valence-corrected chi connectivity index (χ1v) is 9.57. The van der Waals surface area contributed by atoms with E-state index in [0.717, 1.165) is 39.1 Å². The van der Waals surface area contributed by atoms with Crippen molar-refractivity contribution in [2.45, 2.75) is 23.8 Å². The van der Waals surface area contributed by atoms with Crippen LogP contribution in [-0.2, 0) is 14.8 Å². The van der Waals surface area contributed by atoms with Gasteiger partial charge in [-0.15, -0.1) is 0 Å². The van der Waals surface area contributed by atoms with Crippen LogP contribution in [0.25, 0.3) is 0 Å². The molecule has 0 bridgehead atoms. The van der Waals surface area contributed by atoms with E-state index in [2.05, 4.69) is 0 Å². The van der Waals surface area contributed by atoms with E-state index in [1.54, 1.807) is 33.5 Å². The van der Waals surface area contributed by atoms with Gasteiger partial charge in [-0.05, 0) is 24.3 Å². The van der Waals surface area contributed by atoms with Gasteiger partial charge in [0.05, 0.1) is 24.2 Å². The SMILES string of the molecule is O=S(=O)(c1ccc(Cl)cc1)N1CCC([NH+]2CCOCC2)CC1. The number of rotatable bonds is 3. The maximum Gasteiger partial charge on any atom is 0.243 e. The summed E-state index contributed by atoms with van der Waals surface area (Å²) >= 11 is 5.83. The first-order valence-electron chi connectivity index (χ1n) is 7.75. The quantitative estimate of drug-likeness (QED) is 0.863. The average Bonchev–Trinajstić information content (AvgIpc) is 2.56. The third kappa shape index (κ3) is 3.46. The standard InChI is InChI=1S/C15H21ClN2O3S/c16-13-1-3-15(4-2-13)22(19,20)18-7-5-14(6-8-18)17-9-11-21-12-10-17/h1-4,14H,5-12H2/p+1. The first-order chi connectivity index (χ1) is 10.6. The minimum atomic E-state index is -3.39. The Morgan fingerprint density at radius 2 is 1.68 bits per heavy atom. The molecule has 5 nitrogen and oxygen atoms in total. The minimum absolute atomic E-state index is 0.328. The van der Waals surface area contributed by atoms with Gasteiger partial charge in [-0.1, -0.05) is 11.6 Å². The van der Waals surface area contributed by atoms with Crippen LogP contribution in [0.1, 0.15) is 12.8 Å². The molecule has 2 heterocycles. The summed E-state index contributed by atoms with van der Waals surface area (Å²) in [5, 5.41) is 0.550. The topological polar surface area (TPSA) is 51.0 Å². The van der Waals surface area contributed by atoms with Crippen molar-refractivity contribution in [3.8, 4) is 0 Å². The third-order valence-corrected chi connectivity index (χ3v) is 6.78. The van der Waals surface area contributed by atoms with Crippen molar-refractivity contribution in [2.75, 3.05) is 39.4 Å². The second-order valence-corrected chi connectivity index (χ2v) is 8.28. The molecule has 0 amide bonds. The summed E-state index contributed by atoms with van der Waals surface area (Å²) in [5.74, 6) is 0. The van der Waals surface area contributed by atoms with Crippen molar-refractivity contribution in [1.29, 1.82) is 0 Å². The number of ether oxygens (including phenoxy) is 1. The van der Waals surface area contributed by atoms with E-state index >= 15 is 0 Å². The summed E-state index contributed by atoms with van der Waals surface area (Å²) in [4.78, 5) is 1.89. The molecule has 7 heteroatoms. The van der Waals surface area contributed by atoms with E-state index in [1.165, 1.54) is 0 Å². The van der Waals surface area contributed by atoms with Gasteiger partial charge in [-0.3, -0.25) is 0 Å². The second-order valence-electron chi connectivity index (χ2n) is 5.90. The molecular weight excluding hydrogens is 324 g/mol. The number of nitrogens with zero attached hydrogens (tertiary/aromatic N) is 1. The molecule has 2 saturated heterocycles. The number of benzene rings is 1. The van der Waals surface area contributed by atoms with Gasteiger partial charge < -0.3 is 9.64 Å². The zero-order valence-corrected chi connectivity index (χ0v) is 14.1. The van der Waals surface area contributed by atoms with Gasteiger partial charge in [0.25, 0.3) is 0 Å². The first kappa shape index (κ1) is 16.2. The van der Waals surface area contributed by atoms with Crippen LogP contribution in [0, 0.1) is 0 Å². The summed E-state index contributed by atoms with van der Waals surface area (Å²) in [6.45, 7) is 4.90. The Kier molecular flexibility index (Phi) is 5.04. The molecule has 2 fully saturated rings. The molecule has 1 N–H and O–H groups in total. The lowest BCUT2D eigenvalue weighted by molar-refractivity contribution is -0.934. The molecular formula is C15H22ClN2O3S+. The Bertz CT molecular complexity index is 592. The lowest BCUT2D eigenvalue weighted by atomic mass is 10.0. The van der Waals surface area contributed by atoms with Crippen molar-refractivity contribution < 1.29 is 18.1 Å². The summed E-state index contributed by atoms with van der Waals surface area (Å²) in [6, 6.07) is 6.96.